The first-order valence-electron chi connectivity index (χ1n) is 10.9. The number of amides is 1. The largest absolute Gasteiger partial charge is 0.497 e. The van der Waals surface area contributed by atoms with Gasteiger partial charge in [-0.05, 0) is 35.4 Å². The molecule has 2 aliphatic rings. The highest BCUT2D eigenvalue weighted by Gasteiger charge is 2.53. The molecule has 32 heavy (non-hydrogen) atoms. The summed E-state index contributed by atoms with van der Waals surface area (Å²) < 4.78 is 7.67. The van der Waals surface area contributed by atoms with Crippen LogP contribution in [0, 0.1) is 0 Å². The van der Waals surface area contributed by atoms with E-state index in [9.17, 15) is 9.90 Å². The molecule has 0 saturated carbocycles. The average Bonchev–Trinajstić information content (AvgIpc) is 3.04. The molecule has 1 N–H and O–H groups in total. The van der Waals surface area contributed by atoms with E-state index in [0.717, 1.165) is 29.1 Å². The van der Waals surface area contributed by atoms with Crippen LogP contribution in [0.3, 0.4) is 0 Å². The molecule has 0 bridgehead atoms. The number of fused-ring (bicyclic) bond motifs is 4. The number of hydrogen-bond donors (Lipinski definition) is 1. The fourth-order valence-corrected chi connectivity index (χ4v) is 5.88. The van der Waals surface area contributed by atoms with E-state index in [-0.39, 0.29) is 24.0 Å². The molecular formula is C25H28ClN3O3. The second-order valence-electron chi connectivity index (χ2n) is 9.09. The topological polar surface area (TPSA) is 57.9 Å². The summed E-state index contributed by atoms with van der Waals surface area (Å²) in [6.07, 6.45) is 0. The number of likely N-dealkylation sites (tertiary alicyclic amines) is 1. The molecule has 3 heterocycles. The molecule has 1 amide bonds. The van der Waals surface area contributed by atoms with E-state index in [1.165, 1.54) is 10.9 Å². The van der Waals surface area contributed by atoms with Crippen molar-refractivity contribution in [3.63, 3.8) is 0 Å². The van der Waals surface area contributed by atoms with Crippen molar-refractivity contribution >= 4 is 28.4 Å². The number of aromatic nitrogens is 1. The molecule has 0 radical (unpaired) electrons. The van der Waals surface area contributed by atoms with E-state index in [0.29, 0.717) is 24.7 Å². The van der Waals surface area contributed by atoms with E-state index in [1.54, 1.807) is 14.0 Å². The molecule has 0 aliphatic carbocycles. The van der Waals surface area contributed by atoms with E-state index >= 15 is 0 Å². The van der Waals surface area contributed by atoms with Gasteiger partial charge in [-0.1, -0.05) is 23.7 Å². The van der Waals surface area contributed by atoms with Crippen LogP contribution >= 0.6 is 11.6 Å². The van der Waals surface area contributed by atoms with Crippen molar-refractivity contribution in [2.75, 3.05) is 33.4 Å². The van der Waals surface area contributed by atoms with Gasteiger partial charge in [0.15, 0.2) is 0 Å². The Hall–Kier alpha value is -2.54. The van der Waals surface area contributed by atoms with Gasteiger partial charge < -0.3 is 19.3 Å². The smallest absolute Gasteiger partial charge is 0.219 e. The Morgan fingerprint density at radius 2 is 2.00 bits per heavy atom. The molecule has 2 aliphatic heterocycles. The second kappa shape index (κ2) is 7.80. The fourth-order valence-electron chi connectivity index (χ4n) is 5.66. The number of nitrogens with zero attached hydrogens (tertiary/aromatic N) is 3. The van der Waals surface area contributed by atoms with Gasteiger partial charge in [-0.2, -0.15) is 0 Å². The van der Waals surface area contributed by atoms with Crippen LogP contribution in [0.4, 0.5) is 0 Å². The molecule has 1 fully saturated rings. The Kier molecular flexibility index (Phi) is 5.19. The first-order chi connectivity index (χ1) is 15.4. The van der Waals surface area contributed by atoms with E-state index in [2.05, 4.69) is 34.7 Å². The maximum absolute atomic E-state index is 12.1. The first kappa shape index (κ1) is 21.3. The molecule has 2 aromatic carbocycles. The monoisotopic (exact) mass is 453 g/mol. The van der Waals surface area contributed by atoms with Crippen molar-refractivity contribution in [1.82, 2.24) is 14.4 Å². The highest BCUT2D eigenvalue weighted by molar-refractivity contribution is 6.30. The van der Waals surface area contributed by atoms with Crippen molar-refractivity contribution in [1.29, 1.82) is 0 Å². The minimum atomic E-state index is -0.167. The lowest BCUT2D eigenvalue weighted by molar-refractivity contribution is -0.138. The second-order valence-corrected chi connectivity index (χ2v) is 9.53. The third kappa shape index (κ3) is 3.20. The van der Waals surface area contributed by atoms with Gasteiger partial charge in [0.05, 0.1) is 25.3 Å². The molecule has 168 valence electrons. The average molecular weight is 454 g/mol. The summed E-state index contributed by atoms with van der Waals surface area (Å²) in [7, 11) is 3.73. The number of benzene rings is 2. The van der Waals surface area contributed by atoms with Gasteiger partial charge in [0.1, 0.15) is 5.75 Å². The molecule has 5 rings (SSSR count). The molecule has 7 heteroatoms. The Morgan fingerprint density at radius 3 is 2.66 bits per heavy atom. The maximum Gasteiger partial charge on any atom is 0.219 e. The van der Waals surface area contributed by atoms with Gasteiger partial charge in [0.2, 0.25) is 5.91 Å². The predicted molar refractivity (Wildman–Crippen MR) is 125 cm³/mol. The summed E-state index contributed by atoms with van der Waals surface area (Å²) in [4.78, 5) is 16.3. The van der Waals surface area contributed by atoms with Gasteiger partial charge in [0.25, 0.3) is 0 Å². The number of carbonyl (C=O) groups excluding carboxylic acids is 1. The predicted octanol–water partition coefficient (Wildman–Crippen LogP) is 3.49. The van der Waals surface area contributed by atoms with Crippen LogP contribution in [0.15, 0.2) is 42.5 Å². The number of carbonyl (C=O) groups is 1. The van der Waals surface area contributed by atoms with Gasteiger partial charge in [-0.25, -0.2) is 0 Å². The number of hydrogen-bond acceptors (Lipinski definition) is 4. The third-order valence-electron chi connectivity index (χ3n) is 7.13. The number of methoxy groups -OCH3 is 1. The fraction of sp³-hybridized carbons (Fsp3) is 0.400. The molecule has 1 saturated heterocycles. The number of rotatable bonds is 4. The van der Waals surface area contributed by atoms with Crippen LogP contribution in [-0.2, 0) is 23.8 Å². The molecule has 0 unspecified atom stereocenters. The number of aliphatic hydroxyl groups excluding tert-OH is 1. The number of ether oxygens (including phenoxy) is 1. The summed E-state index contributed by atoms with van der Waals surface area (Å²) in [6, 6.07) is 13.9. The maximum atomic E-state index is 12.1. The SMILES string of the molecule is COc1ccc2c3c(n(C)c2c1)[C@@H](CO)N(Cc1cccc(Cl)c1)CC31CN(C(C)=O)C1. The van der Waals surface area contributed by atoms with Crippen molar-refractivity contribution in [2.45, 2.75) is 24.9 Å². The third-order valence-corrected chi connectivity index (χ3v) is 7.36. The zero-order chi connectivity index (χ0) is 22.6. The standard InChI is InChI=1S/C25H28ClN3O3/c1-16(31)29-14-25(15-29)13-28(11-17-5-4-6-18(26)9-17)22(12-30)24-23(25)20-8-7-19(32-3)10-21(20)27(24)2/h4-10,22,30H,11-15H2,1-3H3/t22-/m1/s1. The van der Waals surface area contributed by atoms with Crippen LogP contribution in [0.5, 0.6) is 5.75 Å². The van der Waals surface area contributed by atoms with Gasteiger partial charge >= 0.3 is 0 Å². The summed E-state index contributed by atoms with van der Waals surface area (Å²) in [6.45, 7) is 4.46. The van der Waals surface area contributed by atoms with Gasteiger partial charge in [-0.15, -0.1) is 0 Å². The van der Waals surface area contributed by atoms with Gasteiger partial charge in [-0.3, -0.25) is 9.69 Å². The molecule has 1 spiro atoms. The summed E-state index contributed by atoms with van der Waals surface area (Å²) in [5.74, 6) is 0.907. The lowest BCUT2D eigenvalue weighted by atomic mass is 9.68. The number of aliphatic hydroxyl groups is 1. The van der Waals surface area contributed by atoms with Crippen molar-refractivity contribution < 1.29 is 14.6 Å². The Balaban J connectivity index is 1.66. The van der Waals surface area contributed by atoms with Crippen LogP contribution in [0.1, 0.15) is 29.8 Å². The Morgan fingerprint density at radius 1 is 1.22 bits per heavy atom. The van der Waals surface area contributed by atoms with Gasteiger partial charge in [0, 0.05) is 67.7 Å². The Bertz CT molecular complexity index is 1200. The minimum absolute atomic E-state index is 0.0152. The van der Waals surface area contributed by atoms with Crippen LogP contribution in [0.25, 0.3) is 10.9 Å². The minimum Gasteiger partial charge on any atom is -0.497 e. The van der Waals surface area contributed by atoms with Crippen molar-refractivity contribution in [3.8, 4) is 5.75 Å². The van der Waals surface area contributed by atoms with Crippen molar-refractivity contribution in [2.24, 2.45) is 7.05 Å². The quantitative estimate of drug-likeness (QED) is 0.657. The molecule has 1 atom stereocenters. The zero-order valence-electron chi connectivity index (χ0n) is 18.6. The van der Waals surface area contributed by atoms with Crippen LogP contribution in [-0.4, -0.2) is 58.7 Å². The normalized spacial score (nSPS) is 19.8. The Labute approximate surface area is 192 Å². The van der Waals surface area contributed by atoms with Crippen molar-refractivity contribution in [3.05, 3.63) is 64.3 Å². The summed E-state index contributed by atoms with van der Waals surface area (Å²) in [5, 5.41) is 12.4. The highest BCUT2D eigenvalue weighted by Crippen LogP contribution is 2.49. The summed E-state index contributed by atoms with van der Waals surface area (Å²) >= 11 is 6.24. The molecular weight excluding hydrogens is 426 g/mol. The first-order valence-corrected chi connectivity index (χ1v) is 11.3. The van der Waals surface area contributed by atoms with Crippen LogP contribution < -0.4 is 4.74 Å². The van der Waals surface area contributed by atoms with E-state index < -0.39 is 0 Å². The lowest BCUT2D eigenvalue weighted by Crippen LogP contribution is -2.67. The summed E-state index contributed by atoms with van der Waals surface area (Å²) in [5.41, 5.74) is 4.40. The molecule has 1 aromatic heterocycles. The molecule has 3 aromatic rings. The lowest BCUT2D eigenvalue weighted by Gasteiger charge is -2.56. The highest BCUT2D eigenvalue weighted by atomic mass is 35.5. The zero-order valence-corrected chi connectivity index (χ0v) is 19.4. The van der Waals surface area contributed by atoms with Crippen LogP contribution in [0.2, 0.25) is 5.02 Å². The number of halogens is 1. The van der Waals surface area contributed by atoms with E-state index in [4.69, 9.17) is 16.3 Å². The van der Waals surface area contributed by atoms with E-state index in [1.807, 2.05) is 29.2 Å². The molecule has 6 nitrogen and oxygen atoms in total. The number of aryl methyl sites for hydroxylation is 1.